The maximum absolute atomic E-state index is 12.4. The maximum atomic E-state index is 12.4. The molecule has 0 spiro atoms. The number of hydrogen-bond donors (Lipinski definition) is 1. The molecule has 7 heteroatoms. The van der Waals surface area contributed by atoms with Gasteiger partial charge in [0.2, 0.25) is 0 Å². The lowest BCUT2D eigenvalue weighted by atomic mass is 10.1. The lowest BCUT2D eigenvalue weighted by Crippen LogP contribution is -2.33. The van der Waals surface area contributed by atoms with E-state index < -0.39 is 11.9 Å². The van der Waals surface area contributed by atoms with Crippen molar-refractivity contribution < 1.29 is 23.8 Å². The molecule has 0 fully saturated rings. The first kappa shape index (κ1) is 20.4. The zero-order valence-electron chi connectivity index (χ0n) is 15.9. The van der Waals surface area contributed by atoms with Gasteiger partial charge in [-0.25, -0.2) is 4.79 Å². The van der Waals surface area contributed by atoms with E-state index in [-0.39, 0.29) is 19.3 Å². The summed E-state index contributed by atoms with van der Waals surface area (Å²) in [6, 6.07) is 20.2. The number of esters is 1. The highest BCUT2D eigenvalue weighted by Crippen LogP contribution is 2.26. The zero-order valence-corrected chi connectivity index (χ0v) is 16.7. The van der Waals surface area contributed by atoms with Crippen LogP contribution in [0.25, 0.3) is 0 Å². The van der Waals surface area contributed by atoms with Crippen LogP contribution in [-0.4, -0.2) is 32.2 Å². The van der Waals surface area contributed by atoms with Crippen molar-refractivity contribution >= 4 is 23.2 Å². The van der Waals surface area contributed by atoms with Crippen molar-refractivity contribution in [3.8, 4) is 11.5 Å². The standard InChI is InChI=1S/C22H21NO5S/c1-26-17-10-5-6-11-18(17)27-15-21(25)28-14-20(24)23-22(19-12-7-13-29-19)16-8-3-2-4-9-16/h2-13,22H,14-15H2,1H3,(H,23,24)/t22-/m1/s1. The van der Waals surface area contributed by atoms with Crippen molar-refractivity contribution in [3.63, 3.8) is 0 Å². The van der Waals surface area contributed by atoms with Gasteiger partial charge in [-0.05, 0) is 29.1 Å². The second-order valence-corrected chi connectivity index (χ2v) is 7.01. The van der Waals surface area contributed by atoms with Crippen LogP contribution >= 0.6 is 11.3 Å². The van der Waals surface area contributed by atoms with Crippen LogP contribution in [0.5, 0.6) is 11.5 Å². The Hall–Kier alpha value is -3.32. The van der Waals surface area contributed by atoms with Gasteiger partial charge >= 0.3 is 5.97 Å². The summed E-state index contributed by atoms with van der Waals surface area (Å²) < 4.78 is 15.6. The molecular formula is C22H21NO5S. The molecule has 0 bridgehead atoms. The van der Waals surface area contributed by atoms with Crippen molar-refractivity contribution in [1.29, 1.82) is 0 Å². The molecule has 0 radical (unpaired) electrons. The second kappa shape index (κ2) is 10.3. The fourth-order valence-electron chi connectivity index (χ4n) is 2.68. The van der Waals surface area contributed by atoms with E-state index in [4.69, 9.17) is 14.2 Å². The number of benzene rings is 2. The van der Waals surface area contributed by atoms with Gasteiger partial charge in [-0.2, -0.15) is 0 Å². The Morgan fingerprint density at radius 3 is 2.34 bits per heavy atom. The van der Waals surface area contributed by atoms with Crippen LogP contribution in [0.4, 0.5) is 0 Å². The predicted molar refractivity (Wildman–Crippen MR) is 110 cm³/mol. The highest BCUT2D eigenvalue weighted by Gasteiger charge is 2.19. The summed E-state index contributed by atoms with van der Waals surface area (Å²) in [5.74, 6) is -0.0886. The summed E-state index contributed by atoms with van der Waals surface area (Å²) in [6.07, 6.45) is 0. The Balaban J connectivity index is 1.52. The van der Waals surface area contributed by atoms with E-state index in [0.29, 0.717) is 11.5 Å². The number of ether oxygens (including phenoxy) is 3. The first-order valence-electron chi connectivity index (χ1n) is 8.96. The minimum absolute atomic E-state index is 0.299. The first-order chi connectivity index (χ1) is 14.2. The predicted octanol–water partition coefficient (Wildman–Crippen LogP) is 3.58. The molecular weight excluding hydrogens is 390 g/mol. The Morgan fingerprint density at radius 1 is 0.931 bits per heavy atom. The molecule has 1 atom stereocenters. The van der Waals surface area contributed by atoms with Gasteiger partial charge in [0, 0.05) is 4.88 Å². The Kier molecular flexibility index (Phi) is 7.24. The molecule has 29 heavy (non-hydrogen) atoms. The number of rotatable bonds is 9. The van der Waals surface area contributed by atoms with Gasteiger partial charge in [0.05, 0.1) is 13.2 Å². The largest absolute Gasteiger partial charge is 0.493 e. The fourth-order valence-corrected chi connectivity index (χ4v) is 3.49. The number of amides is 1. The molecule has 0 aliphatic carbocycles. The summed E-state index contributed by atoms with van der Waals surface area (Å²) in [7, 11) is 1.52. The third-order valence-electron chi connectivity index (χ3n) is 4.04. The summed E-state index contributed by atoms with van der Waals surface area (Å²) in [5, 5.41) is 4.87. The lowest BCUT2D eigenvalue weighted by molar-refractivity contribution is -0.150. The third-order valence-corrected chi connectivity index (χ3v) is 4.98. The molecule has 6 nitrogen and oxygen atoms in total. The highest BCUT2D eigenvalue weighted by molar-refractivity contribution is 7.10. The molecule has 150 valence electrons. The van der Waals surface area contributed by atoms with E-state index in [1.165, 1.54) is 7.11 Å². The maximum Gasteiger partial charge on any atom is 0.344 e. The number of thiophene rings is 1. The van der Waals surface area contributed by atoms with E-state index in [0.717, 1.165) is 10.4 Å². The van der Waals surface area contributed by atoms with Crippen molar-refractivity contribution in [2.24, 2.45) is 0 Å². The topological polar surface area (TPSA) is 73.9 Å². The number of carbonyl (C=O) groups excluding carboxylic acids is 2. The normalized spacial score (nSPS) is 11.3. The van der Waals surface area contributed by atoms with Crippen LogP contribution in [0.2, 0.25) is 0 Å². The van der Waals surface area contributed by atoms with Crippen LogP contribution in [0.15, 0.2) is 72.1 Å². The van der Waals surface area contributed by atoms with Crippen LogP contribution in [0.1, 0.15) is 16.5 Å². The second-order valence-electron chi connectivity index (χ2n) is 6.03. The molecule has 0 saturated heterocycles. The molecule has 0 unspecified atom stereocenters. The fraction of sp³-hybridized carbons (Fsp3) is 0.182. The van der Waals surface area contributed by atoms with Gasteiger partial charge in [-0.3, -0.25) is 4.79 Å². The van der Waals surface area contributed by atoms with Gasteiger partial charge in [-0.15, -0.1) is 11.3 Å². The molecule has 1 aromatic heterocycles. The average Bonchev–Trinajstić information content (AvgIpc) is 3.30. The van der Waals surface area contributed by atoms with Crippen molar-refractivity contribution in [1.82, 2.24) is 5.32 Å². The van der Waals surface area contributed by atoms with Crippen LogP contribution < -0.4 is 14.8 Å². The van der Waals surface area contributed by atoms with E-state index in [9.17, 15) is 9.59 Å². The van der Waals surface area contributed by atoms with Crippen LogP contribution in [-0.2, 0) is 14.3 Å². The van der Waals surface area contributed by atoms with E-state index in [1.54, 1.807) is 35.6 Å². The molecule has 0 saturated carbocycles. The number of para-hydroxylation sites is 2. The van der Waals surface area contributed by atoms with Crippen LogP contribution in [0, 0.1) is 0 Å². The van der Waals surface area contributed by atoms with Gasteiger partial charge in [-0.1, -0.05) is 48.5 Å². The van der Waals surface area contributed by atoms with E-state index in [2.05, 4.69) is 5.32 Å². The van der Waals surface area contributed by atoms with Crippen molar-refractivity contribution in [2.75, 3.05) is 20.3 Å². The molecule has 3 rings (SSSR count). The molecule has 1 amide bonds. The smallest absolute Gasteiger partial charge is 0.344 e. The van der Waals surface area contributed by atoms with Gasteiger partial charge in [0.25, 0.3) is 5.91 Å². The monoisotopic (exact) mass is 411 g/mol. The molecule has 1 heterocycles. The van der Waals surface area contributed by atoms with Crippen molar-refractivity contribution in [3.05, 3.63) is 82.6 Å². The van der Waals surface area contributed by atoms with E-state index >= 15 is 0 Å². The number of carbonyl (C=O) groups is 2. The van der Waals surface area contributed by atoms with E-state index in [1.807, 2.05) is 47.8 Å². The number of methoxy groups -OCH3 is 1. The molecule has 0 aliphatic heterocycles. The summed E-state index contributed by atoms with van der Waals surface area (Å²) in [4.78, 5) is 25.3. The zero-order chi connectivity index (χ0) is 20.5. The third kappa shape index (κ3) is 5.83. The molecule has 2 aromatic carbocycles. The summed E-state index contributed by atoms with van der Waals surface area (Å²) in [5.41, 5.74) is 0.953. The first-order valence-corrected chi connectivity index (χ1v) is 9.84. The van der Waals surface area contributed by atoms with Gasteiger partial charge < -0.3 is 19.5 Å². The van der Waals surface area contributed by atoms with Crippen molar-refractivity contribution in [2.45, 2.75) is 6.04 Å². The number of nitrogens with one attached hydrogen (secondary N) is 1. The average molecular weight is 411 g/mol. The van der Waals surface area contributed by atoms with Gasteiger partial charge in [0.1, 0.15) is 0 Å². The Bertz CT molecular complexity index is 927. The minimum atomic E-state index is -0.640. The molecule has 1 N–H and O–H groups in total. The Labute approximate surface area is 173 Å². The van der Waals surface area contributed by atoms with Crippen LogP contribution in [0.3, 0.4) is 0 Å². The SMILES string of the molecule is COc1ccccc1OCC(=O)OCC(=O)N[C@H](c1ccccc1)c1cccs1. The summed E-state index contributed by atoms with van der Waals surface area (Å²) >= 11 is 1.55. The van der Waals surface area contributed by atoms with Gasteiger partial charge in [0.15, 0.2) is 24.7 Å². The highest BCUT2D eigenvalue weighted by atomic mass is 32.1. The Morgan fingerprint density at radius 2 is 1.66 bits per heavy atom. The minimum Gasteiger partial charge on any atom is -0.493 e. The molecule has 0 aliphatic rings. The number of hydrogen-bond acceptors (Lipinski definition) is 6. The lowest BCUT2D eigenvalue weighted by Gasteiger charge is -2.18. The molecule has 3 aromatic rings. The summed E-state index contributed by atoms with van der Waals surface area (Å²) in [6.45, 7) is -0.705. The quantitative estimate of drug-likeness (QED) is 0.545.